The largest absolute Gasteiger partial charge is 0.465 e. The van der Waals surface area contributed by atoms with Crippen molar-refractivity contribution in [3.05, 3.63) is 39.4 Å². The van der Waals surface area contributed by atoms with E-state index in [2.05, 4.69) is 9.97 Å². The molecule has 3 aromatic rings. The smallest absolute Gasteiger partial charge is 0.408 e. The van der Waals surface area contributed by atoms with Crippen LogP contribution in [0.4, 0.5) is 9.18 Å². The minimum atomic E-state index is -1.37. The Morgan fingerprint density at radius 3 is 2.82 bits per heavy atom. The predicted molar refractivity (Wildman–Crippen MR) is 103 cm³/mol. The van der Waals surface area contributed by atoms with Crippen LogP contribution in [0.5, 0.6) is 0 Å². The highest BCUT2D eigenvalue weighted by molar-refractivity contribution is 6.31. The zero-order chi connectivity index (χ0) is 20.4. The maximum absolute atomic E-state index is 14.4. The molecule has 0 aliphatic carbocycles. The third-order valence-corrected chi connectivity index (χ3v) is 5.74. The van der Waals surface area contributed by atoms with Crippen LogP contribution in [0.15, 0.2) is 27.4 Å². The number of carboxylic acid groups (broad SMARTS) is 1. The molecule has 0 radical (unpaired) electrons. The number of fused-ring (bicyclic) bond motifs is 3. The summed E-state index contributed by atoms with van der Waals surface area (Å²) in [6.45, 7) is 5.12. The Morgan fingerprint density at radius 1 is 1.46 bits per heavy atom. The molecule has 1 fully saturated rings. The van der Waals surface area contributed by atoms with Crippen molar-refractivity contribution in [3.8, 4) is 0 Å². The van der Waals surface area contributed by atoms with Crippen LogP contribution in [-0.2, 0) is 5.54 Å². The normalized spacial score (nSPS) is 23.0. The fourth-order valence-corrected chi connectivity index (χ4v) is 4.38. The molecular formula is C19H19ClFN3O4. The number of benzene rings is 1. The number of hydrogen-bond donors (Lipinski definition) is 2. The molecule has 28 heavy (non-hydrogen) atoms. The van der Waals surface area contributed by atoms with Crippen molar-refractivity contribution < 1.29 is 18.7 Å². The van der Waals surface area contributed by atoms with Gasteiger partial charge < -0.3 is 14.5 Å². The van der Waals surface area contributed by atoms with Gasteiger partial charge in [-0.05, 0) is 23.6 Å². The molecule has 1 amide bonds. The van der Waals surface area contributed by atoms with Crippen molar-refractivity contribution in [3.63, 3.8) is 0 Å². The summed E-state index contributed by atoms with van der Waals surface area (Å²) in [5, 5.41) is 10.7. The van der Waals surface area contributed by atoms with Gasteiger partial charge in [0.25, 0.3) is 5.56 Å². The molecule has 3 heterocycles. The lowest BCUT2D eigenvalue weighted by Crippen LogP contribution is -2.54. The molecule has 2 atom stereocenters. The summed E-state index contributed by atoms with van der Waals surface area (Å²) in [7, 11) is 0. The van der Waals surface area contributed by atoms with E-state index in [1.807, 2.05) is 0 Å². The van der Waals surface area contributed by atoms with Gasteiger partial charge in [-0.1, -0.05) is 32.4 Å². The fourth-order valence-electron chi connectivity index (χ4n) is 4.20. The third kappa shape index (κ3) is 2.51. The van der Waals surface area contributed by atoms with Crippen LogP contribution in [0.1, 0.15) is 33.0 Å². The van der Waals surface area contributed by atoms with E-state index in [4.69, 9.17) is 16.0 Å². The number of amides is 1. The van der Waals surface area contributed by atoms with Gasteiger partial charge in [0.15, 0.2) is 0 Å². The maximum atomic E-state index is 14.4. The number of alkyl halides is 1. The average Bonchev–Trinajstić information content (AvgIpc) is 3.13. The molecule has 1 saturated heterocycles. The molecule has 1 aliphatic rings. The highest BCUT2D eigenvalue weighted by Gasteiger charge is 2.58. The summed E-state index contributed by atoms with van der Waals surface area (Å²) in [5.41, 5.74) is -1.91. The van der Waals surface area contributed by atoms with Gasteiger partial charge in [0.1, 0.15) is 28.6 Å². The third-order valence-electron chi connectivity index (χ3n) is 5.51. The SMILES string of the molecule is CC(C)(C)[C@]1(c2nc3c(oc4ccc(Cl)cc43)c(=O)[nH]2)C[C@@H](F)CN1C(=O)O. The summed E-state index contributed by atoms with van der Waals surface area (Å²) in [6.07, 6.45) is -2.74. The van der Waals surface area contributed by atoms with Crippen LogP contribution in [-0.4, -0.2) is 38.8 Å². The van der Waals surface area contributed by atoms with E-state index in [1.54, 1.807) is 39.0 Å². The molecule has 1 aromatic carbocycles. The lowest BCUT2D eigenvalue weighted by Gasteiger charge is -2.45. The summed E-state index contributed by atoms with van der Waals surface area (Å²) in [4.78, 5) is 33.0. The molecule has 0 spiro atoms. The van der Waals surface area contributed by atoms with Crippen LogP contribution in [0.25, 0.3) is 22.1 Å². The van der Waals surface area contributed by atoms with E-state index < -0.39 is 28.8 Å². The first-order valence-electron chi connectivity index (χ1n) is 8.82. The highest BCUT2D eigenvalue weighted by Crippen LogP contribution is 2.51. The van der Waals surface area contributed by atoms with Crippen LogP contribution in [0.2, 0.25) is 5.02 Å². The summed E-state index contributed by atoms with van der Waals surface area (Å²) in [6, 6.07) is 4.90. The highest BCUT2D eigenvalue weighted by atomic mass is 35.5. The number of nitrogens with one attached hydrogen (secondary N) is 1. The Balaban J connectivity index is 2.08. The van der Waals surface area contributed by atoms with Crippen molar-refractivity contribution in [2.75, 3.05) is 6.54 Å². The molecule has 0 bridgehead atoms. The van der Waals surface area contributed by atoms with E-state index in [0.717, 1.165) is 4.90 Å². The van der Waals surface area contributed by atoms with Crippen LogP contribution < -0.4 is 5.56 Å². The monoisotopic (exact) mass is 407 g/mol. The second-order valence-electron chi connectivity index (χ2n) is 8.14. The molecule has 9 heteroatoms. The quantitative estimate of drug-likeness (QED) is 0.627. The predicted octanol–water partition coefficient (Wildman–Crippen LogP) is 4.29. The number of likely N-dealkylation sites (tertiary alicyclic amines) is 1. The molecule has 2 aromatic heterocycles. The number of furan rings is 1. The lowest BCUT2D eigenvalue weighted by atomic mass is 9.71. The van der Waals surface area contributed by atoms with E-state index in [0.29, 0.717) is 16.0 Å². The Morgan fingerprint density at radius 2 is 2.18 bits per heavy atom. The minimum Gasteiger partial charge on any atom is -0.465 e. The molecule has 7 nitrogen and oxygen atoms in total. The maximum Gasteiger partial charge on any atom is 0.408 e. The average molecular weight is 408 g/mol. The molecule has 0 unspecified atom stereocenters. The number of carbonyl (C=O) groups is 1. The van der Waals surface area contributed by atoms with Crippen molar-refractivity contribution in [2.45, 2.75) is 38.9 Å². The lowest BCUT2D eigenvalue weighted by molar-refractivity contribution is 0.0208. The van der Waals surface area contributed by atoms with Gasteiger partial charge in [-0.2, -0.15) is 0 Å². The minimum absolute atomic E-state index is 0.0155. The van der Waals surface area contributed by atoms with E-state index in [1.165, 1.54) is 0 Å². The van der Waals surface area contributed by atoms with Crippen LogP contribution in [0, 0.1) is 5.41 Å². The number of aromatic nitrogens is 2. The number of hydrogen-bond acceptors (Lipinski definition) is 4. The number of halogens is 2. The van der Waals surface area contributed by atoms with Gasteiger partial charge in [0, 0.05) is 16.8 Å². The van der Waals surface area contributed by atoms with E-state index in [9.17, 15) is 19.1 Å². The van der Waals surface area contributed by atoms with Gasteiger partial charge in [-0.3, -0.25) is 9.69 Å². The molecular weight excluding hydrogens is 389 g/mol. The first kappa shape index (κ1) is 18.7. The van der Waals surface area contributed by atoms with Crippen molar-refractivity contribution in [1.29, 1.82) is 0 Å². The van der Waals surface area contributed by atoms with Crippen molar-refractivity contribution in [2.24, 2.45) is 5.41 Å². The number of H-pyrrole nitrogens is 1. The van der Waals surface area contributed by atoms with Crippen LogP contribution >= 0.6 is 11.6 Å². The summed E-state index contributed by atoms with van der Waals surface area (Å²) < 4.78 is 20.0. The van der Waals surface area contributed by atoms with Gasteiger partial charge in [0.05, 0.1) is 6.54 Å². The van der Waals surface area contributed by atoms with Crippen molar-refractivity contribution in [1.82, 2.24) is 14.9 Å². The number of rotatable bonds is 1. The fraction of sp³-hybridized carbons (Fsp3) is 0.421. The van der Waals surface area contributed by atoms with Gasteiger partial charge in [0.2, 0.25) is 5.58 Å². The van der Waals surface area contributed by atoms with Gasteiger partial charge in [-0.25, -0.2) is 14.2 Å². The summed E-state index contributed by atoms with van der Waals surface area (Å²) >= 11 is 6.08. The zero-order valence-electron chi connectivity index (χ0n) is 15.5. The second-order valence-corrected chi connectivity index (χ2v) is 8.58. The molecule has 4 rings (SSSR count). The molecule has 1 aliphatic heterocycles. The van der Waals surface area contributed by atoms with Crippen molar-refractivity contribution >= 4 is 39.8 Å². The van der Waals surface area contributed by atoms with Crippen LogP contribution in [0.3, 0.4) is 0 Å². The Bertz CT molecular complexity index is 1170. The molecule has 148 valence electrons. The molecule has 2 N–H and O–H groups in total. The first-order chi connectivity index (χ1) is 13.0. The Hall–Kier alpha value is -2.61. The number of nitrogens with zero attached hydrogens (tertiary/aromatic N) is 2. The summed E-state index contributed by atoms with van der Waals surface area (Å²) in [5.74, 6) is 0.0997. The first-order valence-corrected chi connectivity index (χ1v) is 9.19. The van der Waals surface area contributed by atoms with E-state index in [-0.39, 0.29) is 29.9 Å². The number of aromatic amines is 1. The molecule has 0 saturated carbocycles. The second kappa shape index (κ2) is 5.94. The Kier molecular flexibility index (Phi) is 3.98. The Labute approximate surface area is 164 Å². The van der Waals surface area contributed by atoms with Gasteiger partial charge in [-0.15, -0.1) is 0 Å². The zero-order valence-corrected chi connectivity index (χ0v) is 16.3. The van der Waals surface area contributed by atoms with E-state index >= 15 is 0 Å². The van der Waals surface area contributed by atoms with Gasteiger partial charge >= 0.3 is 6.09 Å². The topological polar surface area (TPSA) is 99.4 Å². The standard InChI is InChI=1S/C19H19ClFN3O4/c1-18(2,3)19(7-10(21)8-24(19)17(26)27)16-22-13-11-6-9(20)4-5-12(11)28-14(13)15(25)23-16/h4-6,10H,7-8H2,1-3H3,(H,26,27)(H,22,23,25)/t10-,19-/m1/s1.